The number of hydrogen-bond acceptors (Lipinski definition) is 6. The summed E-state index contributed by atoms with van der Waals surface area (Å²) in [5, 5.41) is 0. The summed E-state index contributed by atoms with van der Waals surface area (Å²) in [6, 6.07) is 0. The van der Waals surface area contributed by atoms with Gasteiger partial charge in [0.2, 0.25) is 0 Å². The maximum absolute atomic E-state index is 10.3. The number of rotatable bonds is 9. The molecule has 0 unspecified atom stereocenters. The highest BCUT2D eigenvalue weighted by Crippen LogP contribution is 1.81. The number of carbonyl (C=O) groups is 6. The molecule has 0 spiro atoms. The lowest BCUT2D eigenvalue weighted by Gasteiger charge is -1.75. The van der Waals surface area contributed by atoms with Crippen LogP contribution in [0, 0.1) is 0 Å². The van der Waals surface area contributed by atoms with Crippen molar-refractivity contribution in [3.63, 3.8) is 0 Å². The molecule has 0 atom stereocenters. The van der Waals surface area contributed by atoms with Gasteiger partial charge < -0.3 is 0 Å². The van der Waals surface area contributed by atoms with E-state index in [4.69, 9.17) is 0 Å². The summed E-state index contributed by atoms with van der Waals surface area (Å²) < 4.78 is 0. The Hall–Kier alpha value is -3.54. The van der Waals surface area contributed by atoms with Crippen LogP contribution in [0.4, 0.5) is 0 Å². The molecular formula is C24H30O6. The van der Waals surface area contributed by atoms with Gasteiger partial charge in [-0.05, 0) is 78.0 Å². The Morgan fingerprint density at radius 2 is 0.400 bits per heavy atom. The van der Waals surface area contributed by atoms with E-state index in [0.717, 1.165) is 0 Å². The van der Waals surface area contributed by atoms with Crippen molar-refractivity contribution >= 4 is 34.7 Å². The Labute approximate surface area is 178 Å². The molecule has 6 heteroatoms. The van der Waals surface area contributed by atoms with Crippen molar-refractivity contribution in [2.75, 3.05) is 0 Å². The van der Waals surface area contributed by atoms with Crippen molar-refractivity contribution in [3.8, 4) is 0 Å². The molecule has 0 rings (SSSR count). The number of carbonyl (C=O) groups excluding carboxylic acids is 6. The van der Waals surface area contributed by atoms with E-state index in [1.54, 1.807) is 36.5 Å². The van der Waals surface area contributed by atoms with E-state index in [0.29, 0.717) is 0 Å². The standard InChI is InChI=1S/3C8H10O2/c3*1-7(9)5-3-4-6-8(2)10/h3*3-6H,1-2H3/b5-3+,6-4+;5-3-,6-4+;5-3-,6-4-. The van der Waals surface area contributed by atoms with Gasteiger partial charge >= 0.3 is 0 Å². The molecule has 0 aromatic heterocycles. The molecular weight excluding hydrogens is 384 g/mol. The first-order valence-corrected chi connectivity index (χ1v) is 8.96. The molecule has 0 N–H and O–H groups in total. The zero-order valence-corrected chi connectivity index (χ0v) is 18.4. The third-order valence-corrected chi connectivity index (χ3v) is 2.32. The van der Waals surface area contributed by atoms with Crippen LogP contribution >= 0.6 is 0 Å². The summed E-state index contributed by atoms with van der Waals surface area (Å²) in [6.45, 7) is 8.74. The van der Waals surface area contributed by atoms with Crippen LogP contribution in [0.25, 0.3) is 0 Å². The number of allylic oxidation sites excluding steroid dienone is 12. The lowest BCUT2D eigenvalue weighted by molar-refractivity contribution is -0.113. The van der Waals surface area contributed by atoms with E-state index in [1.807, 2.05) is 0 Å². The quantitative estimate of drug-likeness (QED) is 0.420. The maximum Gasteiger partial charge on any atom is 0.152 e. The molecule has 0 aliphatic carbocycles. The number of ketones is 6. The molecule has 0 amide bonds. The summed E-state index contributed by atoms with van der Waals surface area (Å²) in [5.74, 6) is -0.121. The normalized spacial score (nSPS) is 11.0. The molecule has 6 nitrogen and oxygen atoms in total. The third kappa shape index (κ3) is 44.2. The molecule has 0 bridgehead atoms. The lowest BCUT2D eigenvalue weighted by Crippen LogP contribution is -1.80. The zero-order chi connectivity index (χ0) is 23.9. The minimum atomic E-state index is -0.0202. The minimum absolute atomic E-state index is 0.0202. The topological polar surface area (TPSA) is 102 Å². The summed E-state index contributed by atoms with van der Waals surface area (Å²) in [6.07, 6.45) is 17.7. The average molecular weight is 414 g/mol. The van der Waals surface area contributed by atoms with Gasteiger partial charge in [0.05, 0.1) is 0 Å². The fourth-order valence-electron chi connectivity index (χ4n) is 1.15. The monoisotopic (exact) mass is 414 g/mol. The average Bonchev–Trinajstić information content (AvgIpc) is 2.60. The van der Waals surface area contributed by atoms with E-state index in [-0.39, 0.29) is 34.7 Å². The Kier molecular flexibility index (Phi) is 22.6. The van der Waals surface area contributed by atoms with Crippen LogP contribution in [0.3, 0.4) is 0 Å². The van der Waals surface area contributed by atoms with Gasteiger partial charge in [-0.2, -0.15) is 0 Å². The molecule has 0 saturated heterocycles. The molecule has 0 aromatic rings. The predicted molar refractivity (Wildman–Crippen MR) is 119 cm³/mol. The number of hydrogen-bond donors (Lipinski definition) is 0. The van der Waals surface area contributed by atoms with Crippen molar-refractivity contribution in [1.29, 1.82) is 0 Å². The van der Waals surface area contributed by atoms with Crippen LogP contribution in [0.5, 0.6) is 0 Å². The highest BCUT2D eigenvalue weighted by Gasteiger charge is 1.81. The van der Waals surface area contributed by atoms with E-state index in [1.165, 1.54) is 78.0 Å². The maximum atomic E-state index is 10.3. The van der Waals surface area contributed by atoms with Gasteiger partial charge in [0.25, 0.3) is 0 Å². The molecule has 30 heavy (non-hydrogen) atoms. The highest BCUT2D eigenvalue weighted by molar-refractivity contribution is 5.90. The Bertz CT molecular complexity index is 601. The molecule has 0 heterocycles. The molecule has 0 radical (unpaired) electrons. The SMILES string of the molecule is CC(=O)/C=C/C=C/C(C)=O.CC(=O)/C=C\C=C/C(C)=O.CC(=O)/C=C\C=C\C(C)=O. The summed E-state index contributed by atoms with van der Waals surface area (Å²) >= 11 is 0. The third-order valence-electron chi connectivity index (χ3n) is 2.32. The second-order valence-corrected chi connectivity index (χ2v) is 5.82. The van der Waals surface area contributed by atoms with E-state index >= 15 is 0 Å². The van der Waals surface area contributed by atoms with E-state index < -0.39 is 0 Å². The smallest absolute Gasteiger partial charge is 0.152 e. The highest BCUT2D eigenvalue weighted by atomic mass is 16.1. The predicted octanol–water partition coefficient (Wildman–Crippen LogP) is 3.83. The van der Waals surface area contributed by atoms with Crippen molar-refractivity contribution < 1.29 is 28.8 Å². The summed E-state index contributed by atoms with van der Waals surface area (Å²) in [5.41, 5.74) is 0. The van der Waals surface area contributed by atoms with Gasteiger partial charge in [-0.3, -0.25) is 28.8 Å². The van der Waals surface area contributed by atoms with Crippen molar-refractivity contribution in [2.24, 2.45) is 0 Å². The van der Waals surface area contributed by atoms with Gasteiger partial charge in [0.1, 0.15) is 0 Å². The van der Waals surface area contributed by atoms with Crippen LogP contribution in [-0.2, 0) is 28.8 Å². The van der Waals surface area contributed by atoms with E-state index in [2.05, 4.69) is 0 Å². The first-order chi connectivity index (χ1) is 13.9. The van der Waals surface area contributed by atoms with Crippen LogP contribution in [0.15, 0.2) is 72.9 Å². The molecule has 0 aliphatic rings. The van der Waals surface area contributed by atoms with Gasteiger partial charge in [0, 0.05) is 0 Å². The van der Waals surface area contributed by atoms with Crippen LogP contribution in [0.1, 0.15) is 41.5 Å². The van der Waals surface area contributed by atoms with Crippen molar-refractivity contribution in [3.05, 3.63) is 72.9 Å². The fraction of sp³-hybridized carbons (Fsp3) is 0.250. The summed E-state index contributed by atoms with van der Waals surface area (Å²) in [7, 11) is 0. The molecule has 0 aliphatic heterocycles. The molecule has 162 valence electrons. The van der Waals surface area contributed by atoms with Crippen LogP contribution in [0.2, 0.25) is 0 Å². The molecule has 0 fully saturated rings. The van der Waals surface area contributed by atoms with Gasteiger partial charge in [-0.25, -0.2) is 0 Å². The zero-order valence-electron chi connectivity index (χ0n) is 18.4. The van der Waals surface area contributed by atoms with Gasteiger partial charge in [-0.1, -0.05) is 36.5 Å². The Balaban J connectivity index is -0.000000364. The van der Waals surface area contributed by atoms with Crippen molar-refractivity contribution in [2.45, 2.75) is 41.5 Å². The second kappa shape index (κ2) is 21.8. The van der Waals surface area contributed by atoms with E-state index in [9.17, 15) is 28.8 Å². The lowest BCUT2D eigenvalue weighted by atomic mass is 10.3. The van der Waals surface area contributed by atoms with Crippen LogP contribution in [-0.4, -0.2) is 34.7 Å². The Morgan fingerprint density at radius 1 is 0.300 bits per heavy atom. The van der Waals surface area contributed by atoms with Crippen molar-refractivity contribution in [1.82, 2.24) is 0 Å². The first kappa shape index (κ1) is 31.2. The first-order valence-electron chi connectivity index (χ1n) is 8.96. The summed E-state index contributed by atoms with van der Waals surface area (Å²) in [4.78, 5) is 61.7. The largest absolute Gasteiger partial charge is 0.295 e. The Morgan fingerprint density at radius 3 is 0.467 bits per heavy atom. The molecule has 0 saturated carbocycles. The fourth-order valence-corrected chi connectivity index (χ4v) is 1.15. The molecule has 0 aromatic carbocycles. The van der Waals surface area contributed by atoms with Gasteiger partial charge in [0.15, 0.2) is 34.7 Å². The minimum Gasteiger partial charge on any atom is -0.295 e. The second-order valence-electron chi connectivity index (χ2n) is 5.82. The van der Waals surface area contributed by atoms with Gasteiger partial charge in [-0.15, -0.1) is 0 Å². The van der Waals surface area contributed by atoms with Crippen LogP contribution < -0.4 is 0 Å².